The van der Waals surface area contributed by atoms with Crippen LogP contribution in [0.25, 0.3) is 0 Å². The van der Waals surface area contributed by atoms with Gasteiger partial charge in [-0.15, -0.1) is 0 Å². The number of nitro groups is 1. The van der Waals surface area contributed by atoms with E-state index < -0.39 is 10.9 Å². The number of benzene rings is 1. The minimum absolute atomic E-state index is 0.00729. The van der Waals surface area contributed by atoms with Gasteiger partial charge in [0.15, 0.2) is 0 Å². The second-order valence-corrected chi connectivity index (χ2v) is 5.28. The van der Waals surface area contributed by atoms with Gasteiger partial charge in [-0.3, -0.25) is 14.9 Å². The number of carboxylic acids is 1. The summed E-state index contributed by atoms with van der Waals surface area (Å²) < 4.78 is 0. The number of nitrogens with one attached hydrogen (secondary N) is 1. The molecule has 0 radical (unpaired) electrons. The fourth-order valence-corrected chi connectivity index (χ4v) is 1.98. The summed E-state index contributed by atoms with van der Waals surface area (Å²) in [4.78, 5) is 21.0. The van der Waals surface area contributed by atoms with E-state index in [1.807, 2.05) is 13.8 Å². The average Bonchev–Trinajstić information content (AvgIpc) is 2.34. The fourth-order valence-electron chi connectivity index (χ4n) is 1.79. The van der Waals surface area contributed by atoms with E-state index in [4.69, 9.17) is 16.7 Å². The third-order valence-corrected chi connectivity index (χ3v) is 3.29. The van der Waals surface area contributed by atoms with Crippen LogP contribution in [0.4, 0.5) is 5.69 Å². The smallest absolute Gasteiger partial charge is 0.304 e. The van der Waals surface area contributed by atoms with Gasteiger partial charge in [-0.1, -0.05) is 31.5 Å². The summed E-state index contributed by atoms with van der Waals surface area (Å²) in [6.45, 7) is 4.20. The molecule has 110 valence electrons. The normalized spacial score (nSPS) is 12.4. The Morgan fingerprint density at radius 3 is 2.65 bits per heavy atom. The maximum atomic E-state index is 10.8. The van der Waals surface area contributed by atoms with Gasteiger partial charge in [0.2, 0.25) is 0 Å². The van der Waals surface area contributed by atoms with Crippen LogP contribution >= 0.6 is 11.6 Å². The molecular weight excluding hydrogens is 284 g/mol. The summed E-state index contributed by atoms with van der Waals surface area (Å²) in [7, 11) is 0. The lowest BCUT2D eigenvalue weighted by molar-refractivity contribution is -0.384. The van der Waals surface area contributed by atoms with Gasteiger partial charge in [-0.25, -0.2) is 0 Å². The van der Waals surface area contributed by atoms with Crippen LogP contribution in [0.15, 0.2) is 18.2 Å². The van der Waals surface area contributed by atoms with Crippen LogP contribution in [0.5, 0.6) is 0 Å². The fraction of sp³-hybridized carbons (Fsp3) is 0.462. The molecular formula is C13H17ClN2O4. The van der Waals surface area contributed by atoms with Crippen molar-refractivity contribution in [2.45, 2.75) is 32.9 Å². The molecule has 20 heavy (non-hydrogen) atoms. The lowest BCUT2D eigenvalue weighted by atomic mass is 10.0. The van der Waals surface area contributed by atoms with E-state index in [1.165, 1.54) is 12.1 Å². The predicted octanol–water partition coefficient (Wildman–Crippen LogP) is 2.84. The van der Waals surface area contributed by atoms with E-state index in [9.17, 15) is 14.9 Å². The van der Waals surface area contributed by atoms with Gasteiger partial charge < -0.3 is 10.4 Å². The van der Waals surface area contributed by atoms with Crippen molar-refractivity contribution in [2.24, 2.45) is 5.92 Å². The van der Waals surface area contributed by atoms with Crippen molar-refractivity contribution in [3.63, 3.8) is 0 Å². The number of rotatable bonds is 7. The predicted molar refractivity (Wildman–Crippen MR) is 75.8 cm³/mol. The standard InChI is InChI=1S/C13H17ClN2O4/c1-8(2)11(6-13(17)18)15-7-9-3-4-10(14)12(5-9)16(19)20/h3-5,8,11,15H,6-7H2,1-2H3,(H,17,18)/t11-/m0/s1. The second kappa shape index (κ2) is 7.21. The SMILES string of the molecule is CC(C)[C@H](CC(=O)O)NCc1ccc(Cl)c([N+](=O)[O-])c1. The molecule has 0 aliphatic rings. The molecule has 0 aromatic heterocycles. The topological polar surface area (TPSA) is 92.5 Å². The molecule has 6 nitrogen and oxygen atoms in total. The number of nitro benzene ring substituents is 1. The number of halogens is 1. The zero-order valence-electron chi connectivity index (χ0n) is 11.3. The Balaban J connectivity index is 2.75. The Morgan fingerprint density at radius 2 is 2.15 bits per heavy atom. The third-order valence-electron chi connectivity index (χ3n) is 2.97. The molecule has 0 spiro atoms. The minimum Gasteiger partial charge on any atom is -0.481 e. The zero-order valence-corrected chi connectivity index (χ0v) is 12.1. The first kappa shape index (κ1) is 16.4. The lowest BCUT2D eigenvalue weighted by Crippen LogP contribution is -2.35. The van der Waals surface area contributed by atoms with Gasteiger partial charge >= 0.3 is 5.97 Å². The van der Waals surface area contributed by atoms with E-state index >= 15 is 0 Å². The molecule has 0 fully saturated rings. The van der Waals surface area contributed by atoms with Crippen LogP contribution in [-0.4, -0.2) is 22.0 Å². The first-order valence-corrected chi connectivity index (χ1v) is 6.57. The molecule has 0 aliphatic heterocycles. The first-order valence-electron chi connectivity index (χ1n) is 6.19. The Labute approximate surface area is 121 Å². The van der Waals surface area contributed by atoms with Gasteiger partial charge in [-0.2, -0.15) is 0 Å². The highest BCUT2D eigenvalue weighted by Crippen LogP contribution is 2.25. The molecule has 1 aromatic rings. The number of carbonyl (C=O) groups is 1. The van der Waals surface area contributed by atoms with Crippen molar-refractivity contribution in [1.82, 2.24) is 5.32 Å². The molecule has 0 saturated carbocycles. The van der Waals surface area contributed by atoms with Gasteiger partial charge in [0.05, 0.1) is 11.3 Å². The van der Waals surface area contributed by atoms with E-state index in [2.05, 4.69) is 5.32 Å². The van der Waals surface area contributed by atoms with Crippen LogP contribution in [0.1, 0.15) is 25.8 Å². The molecule has 0 saturated heterocycles. The quantitative estimate of drug-likeness (QED) is 0.596. The summed E-state index contributed by atoms with van der Waals surface area (Å²) in [5.74, 6) is -0.730. The molecule has 0 amide bonds. The van der Waals surface area contributed by atoms with Crippen molar-refractivity contribution in [2.75, 3.05) is 0 Å². The molecule has 0 bridgehead atoms. The molecule has 1 aromatic carbocycles. The molecule has 0 unspecified atom stereocenters. The Bertz CT molecular complexity index is 505. The van der Waals surface area contributed by atoms with Gasteiger partial charge in [0.1, 0.15) is 5.02 Å². The van der Waals surface area contributed by atoms with Crippen LogP contribution < -0.4 is 5.32 Å². The van der Waals surface area contributed by atoms with E-state index in [0.717, 1.165) is 0 Å². The van der Waals surface area contributed by atoms with Crippen molar-refractivity contribution < 1.29 is 14.8 Å². The number of hydrogen-bond donors (Lipinski definition) is 2. The summed E-state index contributed by atoms with van der Waals surface area (Å²) in [5, 5.41) is 22.8. The first-order chi connectivity index (χ1) is 9.31. The van der Waals surface area contributed by atoms with Crippen molar-refractivity contribution >= 4 is 23.3 Å². The second-order valence-electron chi connectivity index (χ2n) is 4.87. The highest BCUT2D eigenvalue weighted by atomic mass is 35.5. The van der Waals surface area contributed by atoms with E-state index in [-0.39, 0.29) is 29.1 Å². The maximum Gasteiger partial charge on any atom is 0.304 e. The molecule has 7 heteroatoms. The summed E-state index contributed by atoms with van der Waals surface area (Å²) in [5.41, 5.74) is 0.544. The Morgan fingerprint density at radius 1 is 1.50 bits per heavy atom. The monoisotopic (exact) mass is 300 g/mol. The van der Waals surface area contributed by atoms with Gasteiger partial charge in [0.25, 0.3) is 5.69 Å². The molecule has 2 N–H and O–H groups in total. The summed E-state index contributed by atoms with van der Waals surface area (Å²) >= 11 is 5.73. The maximum absolute atomic E-state index is 10.8. The highest BCUT2D eigenvalue weighted by molar-refractivity contribution is 6.32. The van der Waals surface area contributed by atoms with Crippen LogP contribution in [-0.2, 0) is 11.3 Å². The van der Waals surface area contributed by atoms with Crippen LogP contribution in [0.2, 0.25) is 5.02 Å². The number of carboxylic acid groups (broad SMARTS) is 1. The Hall–Kier alpha value is -1.66. The van der Waals surface area contributed by atoms with Crippen LogP contribution in [0.3, 0.4) is 0 Å². The van der Waals surface area contributed by atoms with Crippen molar-refractivity contribution in [3.8, 4) is 0 Å². The largest absolute Gasteiger partial charge is 0.481 e. The number of nitrogens with zero attached hydrogens (tertiary/aromatic N) is 1. The van der Waals surface area contributed by atoms with Crippen LogP contribution in [0, 0.1) is 16.0 Å². The highest BCUT2D eigenvalue weighted by Gasteiger charge is 2.17. The molecule has 0 heterocycles. The lowest BCUT2D eigenvalue weighted by Gasteiger charge is -2.20. The Kier molecular flexibility index (Phi) is 5.91. The minimum atomic E-state index is -0.877. The molecule has 1 rings (SSSR count). The molecule has 1 atom stereocenters. The summed E-state index contributed by atoms with van der Waals surface area (Å²) in [6, 6.07) is 4.36. The van der Waals surface area contributed by atoms with Crippen molar-refractivity contribution in [3.05, 3.63) is 38.9 Å². The van der Waals surface area contributed by atoms with Crippen molar-refractivity contribution in [1.29, 1.82) is 0 Å². The zero-order chi connectivity index (χ0) is 15.3. The number of aliphatic carboxylic acids is 1. The van der Waals surface area contributed by atoms with Gasteiger partial charge in [0, 0.05) is 18.7 Å². The molecule has 0 aliphatic carbocycles. The third kappa shape index (κ3) is 4.79. The number of hydrogen-bond acceptors (Lipinski definition) is 4. The van der Waals surface area contributed by atoms with E-state index in [0.29, 0.717) is 12.1 Å². The average molecular weight is 301 g/mol. The summed E-state index contributed by atoms with van der Waals surface area (Å²) in [6.07, 6.45) is 0.00729. The van der Waals surface area contributed by atoms with Gasteiger partial charge in [-0.05, 0) is 17.5 Å². The van der Waals surface area contributed by atoms with E-state index in [1.54, 1.807) is 6.07 Å².